The zero-order chi connectivity index (χ0) is 14.6. The van der Waals surface area contributed by atoms with Crippen molar-refractivity contribution < 1.29 is 19.1 Å². The highest BCUT2D eigenvalue weighted by Crippen LogP contribution is 2.27. The minimum atomic E-state index is -1.13. The molecule has 1 aliphatic heterocycles. The summed E-state index contributed by atoms with van der Waals surface area (Å²) in [4.78, 5) is 17.2. The average Bonchev–Trinajstić information content (AvgIpc) is 2.83. The van der Waals surface area contributed by atoms with Crippen molar-refractivity contribution in [3.8, 4) is 0 Å². The first kappa shape index (κ1) is 14.5. The molecule has 1 aromatic rings. The zero-order valence-electron chi connectivity index (χ0n) is 11.2. The molecular weight excluding hydrogens is 263 g/mol. The molecule has 108 valence electrons. The number of hydrogen-bond donors (Lipinski definition) is 2. The Bertz CT molecular complexity index is 533. The maximum Gasteiger partial charge on any atom is 0.267 e. The summed E-state index contributed by atoms with van der Waals surface area (Å²) in [6.45, 7) is 1.98. The Hall–Kier alpha value is -1.95. The molecule has 1 atom stereocenters. The summed E-state index contributed by atoms with van der Waals surface area (Å²) in [6, 6.07) is 6.25. The van der Waals surface area contributed by atoms with Crippen LogP contribution in [0.3, 0.4) is 0 Å². The molecule has 6 heteroatoms. The molecule has 0 radical (unpaired) electrons. The Morgan fingerprint density at radius 3 is 3.00 bits per heavy atom. The molecular formula is C14H17FN2O3. The van der Waals surface area contributed by atoms with Crippen LogP contribution < -0.4 is 5.32 Å². The van der Waals surface area contributed by atoms with Crippen LogP contribution in [0, 0.1) is 5.82 Å². The molecule has 1 aliphatic rings. The van der Waals surface area contributed by atoms with Crippen molar-refractivity contribution in [3.05, 3.63) is 35.6 Å². The van der Waals surface area contributed by atoms with Crippen molar-refractivity contribution in [3.63, 3.8) is 0 Å². The van der Waals surface area contributed by atoms with E-state index in [1.165, 1.54) is 6.07 Å². The molecule has 0 aromatic heterocycles. The average molecular weight is 280 g/mol. The van der Waals surface area contributed by atoms with Gasteiger partial charge in [-0.3, -0.25) is 4.79 Å². The molecule has 1 aromatic carbocycles. The van der Waals surface area contributed by atoms with Crippen LogP contribution in [0.15, 0.2) is 29.4 Å². The lowest BCUT2D eigenvalue weighted by molar-refractivity contribution is -0.141. The quantitative estimate of drug-likeness (QED) is 0.796. The summed E-state index contributed by atoms with van der Waals surface area (Å²) in [5.41, 5.74) is -0.366. The van der Waals surface area contributed by atoms with E-state index in [4.69, 9.17) is 9.94 Å². The number of amides is 1. The number of halogens is 1. The van der Waals surface area contributed by atoms with Gasteiger partial charge in [-0.15, -0.1) is 0 Å². The third kappa shape index (κ3) is 2.96. The molecule has 5 nitrogen and oxygen atoms in total. The van der Waals surface area contributed by atoms with Crippen LogP contribution in [-0.2, 0) is 9.63 Å². The van der Waals surface area contributed by atoms with Gasteiger partial charge in [0.25, 0.3) is 5.91 Å². The number of carbonyl (C=O) groups is 1. The zero-order valence-corrected chi connectivity index (χ0v) is 11.2. The number of hydrogen-bond acceptors (Lipinski definition) is 4. The van der Waals surface area contributed by atoms with Gasteiger partial charge in [-0.05, 0) is 19.4 Å². The van der Waals surface area contributed by atoms with Crippen LogP contribution in [0.5, 0.6) is 0 Å². The van der Waals surface area contributed by atoms with Crippen LogP contribution in [0.25, 0.3) is 0 Å². The van der Waals surface area contributed by atoms with E-state index in [-0.39, 0.29) is 24.8 Å². The Labute approximate surface area is 116 Å². The van der Waals surface area contributed by atoms with E-state index in [2.05, 4.69) is 10.5 Å². The monoisotopic (exact) mass is 280 g/mol. The molecule has 20 heavy (non-hydrogen) atoms. The van der Waals surface area contributed by atoms with Crippen LogP contribution >= 0.6 is 0 Å². The van der Waals surface area contributed by atoms with Gasteiger partial charge in [0, 0.05) is 25.1 Å². The normalized spacial score (nSPS) is 21.2. The van der Waals surface area contributed by atoms with E-state index in [0.717, 1.165) is 0 Å². The topological polar surface area (TPSA) is 70.9 Å². The number of nitrogens with one attached hydrogen (secondary N) is 1. The van der Waals surface area contributed by atoms with Crippen molar-refractivity contribution in [2.24, 2.45) is 5.16 Å². The molecule has 0 spiro atoms. The van der Waals surface area contributed by atoms with Gasteiger partial charge in [0.1, 0.15) is 5.82 Å². The van der Waals surface area contributed by atoms with Gasteiger partial charge in [0.15, 0.2) is 0 Å². The number of benzene rings is 1. The predicted molar refractivity (Wildman–Crippen MR) is 71.8 cm³/mol. The lowest BCUT2D eigenvalue weighted by Gasteiger charge is -2.20. The third-order valence-corrected chi connectivity index (χ3v) is 3.15. The van der Waals surface area contributed by atoms with Gasteiger partial charge < -0.3 is 15.3 Å². The van der Waals surface area contributed by atoms with Crippen LogP contribution in [0.4, 0.5) is 4.39 Å². The summed E-state index contributed by atoms with van der Waals surface area (Å²) < 4.78 is 13.7. The smallest absolute Gasteiger partial charge is 0.267 e. The largest absolute Gasteiger partial charge is 0.396 e. The summed E-state index contributed by atoms with van der Waals surface area (Å²) in [6.07, 6.45) is 0.682. The Morgan fingerprint density at radius 1 is 1.55 bits per heavy atom. The first-order chi connectivity index (χ1) is 9.57. The van der Waals surface area contributed by atoms with Crippen molar-refractivity contribution >= 4 is 11.6 Å². The summed E-state index contributed by atoms with van der Waals surface area (Å²) >= 11 is 0. The van der Waals surface area contributed by atoms with Crippen LogP contribution in [-0.4, -0.2) is 35.5 Å². The molecule has 1 amide bonds. The van der Waals surface area contributed by atoms with Crippen molar-refractivity contribution in [1.29, 1.82) is 0 Å². The minimum absolute atomic E-state index is 0.00876. The van der Waals surface area contributed by atoms with Crippen LogP contribution in [0.2, 0.25) is 0 Å². The fourth-order valence-electron chi connectivity index (χ4n) is 1.97. The fourth-order valence-corrected chi connectivity index (χ4v) is 1.97. The third-order valence-electron chi connectivity index (χ3n) is 3.15. The van der Waals surface area contributed by atoms with E-state index < -0.39 is 5.60 Å². The van der Waals surface area contributed by atoms with Crippen molar-refractivity contribution in [2.75, 3.05) is 13.2 Å². The van der Waals surface area contributed by atoms with E-state index >= 15 is 0 Å². The Kier molecular flexibility index (Phi) is 4.34. The SMILES string of the molecule is C[C@@]1(C(=O)NCCCO)CC(c2ccccc2F)=NO1. The molecule has 2 N–H and O–H groups in total. The number of aliphatic hydroxyl groups is 1. The molecule has 1 heterocycles. The maximum atomic E-state index is 13.7. The predicted octanol–water partition coefficient (Wildman–Crippen LogP) is 1.21. The molecule has 2 rings (SSSR count). The fraction of sp³-hybridized carbons (Fsp3) is 0.429. The van der Waals surface area contributed by atoms with Crippen molar-refractivity contribution in [1.82, 2.24) is 5.32 Å². The molecule has 0 saturated carbocycles. The Morgan fingerprint density at radius 2 is 2.30 bits per heavy atom. The summed E-state index contributed by atoms with van der Waals surface area (Å²) in [5, 5.41) is 15.2. The lowest BCUT2D eigenvalue weighted by atomic mass is 9.95. The first-order valence-electron chi connectivity index (χ1n) is 6.46. The van der Waals surface area contributed by atoms with Gasteiger partial charge >= 0.3 is 0 Å². The van der Waals surface area contributed by atoms with Gasteiger partial charge in [-0.2, -0.15) is 0 Å². The maximum absolute atomic E-state index is 13.7. The number of aliphatic hydroxyl groups excluding tert-OH is 1. The summed E-state index contributed by atoms with van der Waals surface area (Å²) in [5.74, 6) is -0.708. The second-order valence-corrected chi connectivity index (χ2v) is 4.85. The highest BCUT2D eigenvalue weighted by Gasteiger charge is 2.42. The highest BCUT2D eigenvalue weighted by molar-refractivity contribution is 6.05. The summed E-state index contributed by atoms with van der Waals surface area (Å²) in [7, 11) is 0. The molecule has 0 bridgehead atoms. The van der Waals surface area contributed by atoms with E-state index in [9.17, 15) is 9.18 Å². The first-order valence-corrected chi connectivity index (χ1v) is 6.46. The van der Waals surface area contributed by atoms with Crippen LogP contribution in [0.1, 0.15) is 25.3 Å². The highest BCUT2D eigenvalue weighted by atomic mass is 19.1. The van der Waals surface area contributed by atoms with E-state index in [1.54, 1.807) is 25.1 Å². The van der Waals surface area contributed by atoms with Gasteiger partial charge in [-0.25, -0.2) is 4.39 Å². The number of nitrogens with zero attached hydrogens (tertiary/aromatic N) is 1. The Balaban J connectivity index is 2.03. The lowest BCUT2D eigenvalue weighted by Crippen LogP contribution is -2.45. The second kappa shape index (κ2) is 6.00. The van der Waals surface area contributed by atoms with Gasteiger partial charge in [-0.1, -0.05) is 23.4 Å². The molecule has 0 fully saturated rings. The second-order valence-electron chi connectivity index (χ2n) is 4.85. The number of rotatable bonds is 5. The molecule has 0 saturated heterocycles. The van der Waals surface area contributed by atoms with E-state index in [0.29, 0.717) is 24.2 Å². The van der Waals surface area contributed by atoms with Gasteiger partial charge in [0.2, 0.25) is 5.60 Å². The number of carbonyl (C=O) groups excluding carboxylic acids is 1. The molecule has 0 aliphatic carbocycles. The van der Waals surface area contributed by atoms with E-state index in [1.807, 2.05) is 0 Å². The number of oxime groups is 1. The van der Waals surface area contributed by atoms with Gasteiger partial charge in [0.05, 0.1) is 5.71 Å². The minimum Gasteiger partial charge on any atom is -0.396 e. The standard InChI is InChI=1S/C14H17FN2O3/c1-14(13(19)16-7-4-8-18)9-12(17-20-14)10-5-2-3-6-11(10)15/h2-3,5-6,18H,4,7-9H2,1H3,(H,16,19)/t14-/m0/s1. The molecule has 0 unspecified atom stereocenters. The van der Waals surface area contributed by atoms with Crippen molar-refractivity contribution in [2.45, 2.75) is 25.4 Å².